The number of hydrogen-bond donors (Lipinski definition) is 3. The fraction of sp³-hybridized carbons (Fsp3) is 0.385. The van der Waals surface area contributed by atoms with Gasteiger partial charge in [-0.25, -0.2) is 4.79 Å². The van der Waals surface area contributed by atoms with Gasteiger partial charge in [-0.2, -0.15) is 0 Å². The molecule has 1 unspecified atom stereocenters. The highest BCUT2D eigenvalue weighted by atomic mass is 16.5. The van der Waals surface area contributed by atoms with Crippen LogP contribution < -0.4 is 20.7 Å². The van der Waals surface area contributed by atoms with Crippen LogP contribution in [0.3, 0.4) is 0 Å². The lowest BCUT2D eigenvalue weighted by Gasteiger charge is -2.20. The van der Waals surface area contributed by atoms with Crippen LogP contribution >= 0.6 is 0 Å². The Labute approximate surface area is 112 Å². The van der Waals surface area contributed by atoms with E-state index in [-0.39, 0.29) is 11.9 Å². The summed E-state index contributed by atoms with van der Waals surface area (Å²) in [7, 11) is 3.49. The zero-order valence-corrected chi connectivity index (χ0v) is 11.4. The zero-order valence-electron chi connectivity index (χ0n) is 11.4. The molecule has 1 aromatic carbocycles. The van der Waals surface area contributed by atoms with E-state index in [1.54, 1.807) is 14.0 Å². The van der Waals surface area contributed by atoms with Gasteiger partial charge in [0.05, 0.1) is 14.2 Å². The summed E-state index contributed by atoms with van der Waals surface area (Å²) in [5, 5.41) is 2.09. The Morgan fingerprint density at radius 3 is 2.74 bits per heavy atom. The number of urea groups is 1. The van der Waals surface area contributed by atoms with Gasteiger partial charge in [-0.3, -0.25) is 10.1 Å². The summed E-state index contributed by atoms with van der Waals surface area (Å²) in [6, 6.07) is 6.44. The molecule has 0 heterocycles. The van der Waals surface area contributed by atoms with Crippen LogP contribution in [0.15, 0.2) is 24.3 Å². The van der Waals surface area contributed by atoms with Crippen molar-refractivity contribution in [2.45, 2.75) is 19.5 Å². The average molecular weight is 266 g/mol. The molecular formula is C13H20N3O3+. The Bertz CT molecular complexity index is 462. The molecule has 0 aliphatic heterocycles. The van der Waals surface area contributed by atoms with Gasteiger partial charge in [0.1, 0.15) is 12.3 Å². The van der Waals surface area contributed by atoms with Crippen molar-refractivity contribution in [3.63, 3.8) is 0 Å². The molecule has 19 heavy (non-hydrogen) atoms. The Kier molecular flexibility index (Phi) is 5.32. The van der Waals surface area contributed by atoms with Gasteiger partial charge in [0.25, 0.3) is 5.91 Å². The molecule has 0 bridgehead atoms. The molecule has 1 aromatic rings. The number of carbonyl (C=O) groups is 2. The second kappa shape index (κ2) is 6.75. The number of primary amides is 1. The highest BCUT2D eigenvalue weighted by Gasteiger charge is 2.22. The lowest BCUT2D eigenvalue weighted by Crippen LogP contribution is -3.12. The third-order valence-electron chi connectivity index (χ3n) is 3.00. The number of hydrogen-bond acceptors (Lipinski definition) is 3. The maximum Gasteiger partial charge on any atom is 0.319 e. The quantitative estimate of drug-likeness (QED) is 0.658. The first-order valence-electron chi connectivity index (χ1n) is 5.99. The minimum atomic E-state index is -0.828. The van der Waals surface area contributed by atoms with Crippen molar-refractivity contribution in [3.8, 4) is 5.75 Å². The smallest absolute Gasteiger partial charge is 0.319 e. The maximum absolute atomic E-state index is 11.7. The summed E-state index contributed by atoms with van der Waals surface area (Å²) in [6.07, 6.45) is 0. The predicted molar refractivity (Wildman–Crippen MR) is 70.8 cm³/mol. The van der Waals surface area contributed by atoms with E-state index in [1.165, 1.54) is 0 Å². The molecule has 4 N–H and O–H groups in total. The van der Waals surface area contributed by atoms with Crippen LogP contribution in [0.1, 0.15) is 12.5 Å². The number of carbonyl (C=O) groups excluding carboxylic acids is 2. The van der Waals surface area contributed by atoms with Crippen molar-refractivity contribution >= 4 is 11.9 Å². The van der Waals surface area contributed by atoms with Crippen LogP contribution in [0.4, 0.5) is 4.79 Å². The number of amides is 3. The number of nitrogens with two attached hydrogens (primary N) is 1. The fourth-order valence-corrected chi connectivity index (χ4v) is 1.71. The first kappa shape index (κ1) is 15.0. The Morgan fingerprint density at radius 1 is 1.47 bits per heavy atom. The van der Waals surface area contributed by atoms with Crippen molar-refractivity contribution in [2.24, 2.45) is 5.73 Å². The van der Waals surface area contributed by atoms with Gasteiger partial charge in [0, 0.05) is 5.56 Å². The zero-order chi connectivity index (χ0) is 14.4. The van der Waals surface area contributed by atoms with Crippen molar-refractivity contribution in [1.29, 1.82) is 0 Å². The van der Waals surface area contributed by atoms with E-state index in [0.717, 1.165) is 16.2 Å². The van der Waals surface area contributed by atoms with Crippen LogP contribution in [-0.2, 0) is 11.3 Å². The van der Waals surface area contributed by atoms with Crippen molar-refractivity contribution in [3.05, 3.63) is 29.8 Å². The molecule has 0 aromatic heterocycles. The summed E-state index contributed by atoms with van der Waals surface area (Å²) >= 11 is 0. The van der Waals surface area contributed by atoms with Gasteiger partial charge in [-0.1, -0.05) is 12.1 Å². The van der Waals surface area contributed by atoms with Crippen molar-refractivity contribution in [1.82, 2.24) is 5.32 Å². The molecule has 2 atom stereocenters. The number of likely N-dealkylation sites (N-methyl/N-ethyl adjacent to an activating group) is 1. The van der Waals surface area contributed by atoms with E-state index in [0.29, 0.717) is 6.54 Å². The summed E-state index contributed by atoms with van der Waals surface area (Å²) in [4.78, 5) is 23.2. The van der Waals surface area contributed by atoms with E-state index in [1.807, 2.05) is 31.3 Å². The van der Waals surface area contributed by atoms with Gasteiger partial charge in [0.15, 0.2) is 6.04 Å². The molecule has 0 spiro atoms. The number of ether oxygens (including phenoxy) is 1. The van der Waals surface area contributed by atoms with Crippen molar-refractivity contribution < 1.29 is 19.2 Å². The highest BCUT2D eigenvalue weighted by Crippen LogP contribution is 2.11. The van der Waals surface area contributed by atoms with E-state index in [4.69, 9.17) is 10.5 Å². The first-order valence-corrected chi connectivity index (χ1v) is 5.99. The maximum atomic E-state index is 11.7. The Hall–Kier alpha value is -2.08. The largest absolute Gasteiger partial charge is 0.497 e. The summed E-state index contributed by atoms with van der Waals surface area (Å²) < 4.78 is 5.15. The third-order valence-corrected chi connectivity index (χ3v) is 3.00. The van der Waals surface area contributed by atoms with Gasteiger partial charge in [-0.15, -0.1) is 0 Å². The fourth-order valence-electron chi connectivity index (χ4n) is 1.71. The van der Waals surface area contributed by atoms with E-state index in [9.17, 15) is 9.59 Å². The summed E-state index contributed by atoms with van der Waals surface area (Å²) in [5.41, 5.74) is 5.98. The number of rotatable bonds is 5. The second-order valence-electron chi connectivity index (χ2n) is 4.45. The van der Waals surface area contributed by atoms with Gasteiger partial charge < -0.3 is 15.4 Å². The molecule has 0 aliphatic rings. The number of imide groups is 1. The number of nitrogens with one attached hydrogen (secondary N) is 2. The van der Waals surface area contributed by atoms with E-state index >= 15 is 0 Å². The van der Waals surface area contributed by atoms with E-state index < -0.39 is 6.03 Å². The molecule has 6 nitrogen and oxygen atoms in total. The lowest BCUT2D eigenvalue weighted by molar-refractivity contribution is -0.908. The molecule has 0 radical (unpaired) electrons. The van der Waals surface area contributed by atoms with Crippen LogP contribution in [0.5, 0.6) is 5.75 Å². The normalized spacial score (nSPS) is 13.4. The molecule has 6 heteroatoms. The third kappa shape index (κ3) is 4.59. The number of quaternary nitrogens is 1. The van der Waals surface area contributed by atoms with Gasteiger partial charge >= 0.3 is 6.03 Å². The second-order valence-corrected chi connectivity index (χ2v) is 4.45. The molecule has 0 aliphatic carbocycles. The first-order chi connectivity index (χ1) is 8.93. The Balaban J connectivity index is 2.65. The van der Waals surface area contributed by atoms with Crippen LogP contribution in [0.25, 0.3) is 0 Å². The standard InChI is InChI=1S/C13H19N3O3/c1-9(12(17)15-13(14)18)16(2)8-10-5-4-6-11(7-10)19-3/h4-7,9H,8H2,1-3H3,(H3,14,15,17,18)/p+1/t9-/m1/s1. The minimum absolute atomic E-state index is 0.376. The van der Waals surface area contributed by atoms with Gasteiger partial charge in [-0.05, 0) is 19.1 Å². The molecule has 0 fully saturated rings. The summed E-state index contributed by atoms with van der Waals surface area (Å²) in [6.45, 7) is 2.39. The monoisotopic (exact) mass is 266 g/mol. The molecular weight excluding hydrogens is 246 g/mol. The van der Waals surface area contributed by atoms with Crippen LogP contribution in [0.2, 0.25) is 0 Å². The molecule has 3 amide bonds. The summed E-state index contributed by atoms with van der Waals surface area (Å²) in [5.74, 6) is 0.396. The predicted octanol–water partition coefficient (Wildman–Crippen LogP) is -0.707. The minimum Gasteiger partial charge on any atom is -0.497 e. The van der Waals surface area contributed by atoms with Gasteiger partial charge in [0.2, 0.25) is 0 Å². The topological polar surface area (TPSA) is 85.9 Å². The van der Waals surface area contributed by atoms with E-state index in [2.05, 4.69) is 5.32 Å². The molecule has 1 rings (SSSR count). The Morgan fingerprint density at radius 2 is 2.16 bits per heavy atom. The molecule has 0 saturated heterocycles. The van der Waals surface area contributed by atoms with Crippen molar-refractivity contribution in [2.75, 3.05) is 14.2 Å². The average Bonchev–Trinajstić information content (AvgIpc) is 2.37. The number of benzene rings is 1. The SMILES string of the molecule is COc1cccc(C[NH+](C)[C@H](C)C(=O)NC(N)=O)c1. The molecule has 104 valence electrons. The van der Waals surface area contributed by atoms with Crippen LogP contribution in [-0.4, -0.2) is 32.1 Å². The highest BCUT2D eigenvalue weighted by molar-refractivity contribution is 5.95. The van der Waals surface area contributed by atoms with Crippen LogP contribution in [0, 0.1) is 0 Å². The molecule has 0 saturated carbocycles. The number of methoxy groups -OCH3 is 1. The lowest BCUT2D eigenvalue weighted by atomic mass is 10.2.